The molecule has 0 saturated heterocycles. The molecule has 0 saturated carbocycles. The number of nitrogens with one attached hydrogen (secondary N) is 2. The third kappa shape index (κ3) is 4.08. The lowest BCUT2D eigenvalue weighted by Gasteiger charge is -2.14. The van der Waals surface area contributed by atoms with Crippen molar-refractivity contribution < 1.29 is 4.79 Å². The van der Waals surface area contributed by atoms with Crippen molar-refractivity contribution in [3.05, 3.63) is 29.1 Å². The molecule has 1 amide bonds. The third-order valence-corrected chi connectivity index (χ3v) is 3.37. The Hall–Kier alpha value is -1.33. The topological polar surface area (TPSA) is 59.0 Å². The number of amides is 1. The lowest BCUT2D eigenvalue weighted by Crippen LogP contribution is -2.29. The second kappa shape index (κ2) is 7.45. The van der Waals surface area contributed by atoms with Gasteiger partial charge in [-0.25, -0.2) is 0 Å². The molecule has 1 aromatic rings. The van der Waals surface area contributed by atoms with E-state index in [-0.39, 0.29) is 18.3 Å². The molecule has 2 rings (SSSR count). The van der Waals surface area contributed by atoms with Crippen LogP contribution in [0.15, 0.2) is 17.7 Å². The first kappa shape index (κ1) is 16.7. The van der Waals surface area contributed by atoms with E-state index in [1.807, 2.05) is 13.1 Å². The van der Waals surface area contributed by atoms with Crippen molar-refractivity contribution in [3.63, 3.8) is 0 Å². The number of carbonyl (C=O) groups excluding carboxylic acids is 1. The Labute approximate surface area is 126 Å². The molecule has 1 aromatic heterocycles. The van der Waals surface area contributed by atoms with Gasteiger partial charge in [-0.15, -0.1) is 12.4 Å². The molecule has 1 aliphatic heterocycles. The van der Waals surface area contributed by atoms with E-state index in [9.17, 15) is 4.79 Å². The summed E-state index contributed by atoms with van der Waals surface area (Å²) in [5, 5.41) is 10.5. The molecule has 112 valence electrons. The van der Waals surface area contributed by atoms with E-state index in [0.29, 0.717) is 18.2 Å². The van der Waals surface area contributed by atoms with Crippen molar-refractivity contribution >= 4 is 18.3 Å². The number of hydrogen-bond donors (Lipinski definition) is 2. The maximum Gasteiger partial charge on any atom is 0.272 e. The number of aromatic nitrogens is 2. The molecule has 2 heterocycles. The predicted molar refractivity (Wildman–Crippen MR) is 82.4 cm³/mol. The number of aryl methyl sites for hydroxylation is 1. The summed E-state index contributed by atoms with van der Waals surface area (Å²) in [6, 6.07) is 1.87. The molecule has 0 bridgehead atoms. The highest BCUT2D eigenvalue weighted by atomic mass is 35.5. The Morgan fingerprint density at radius 3 is 2.85 bits per heavy atom. The van der Waals surface area contributed by atoms with Crippen molar-refractivity contribution in [1.82, 2.24) is 20.4 Å². The van der Waals surface area contributed by atoms with Gasteiger partial charge in [-0.3, -0.25) is 9.48 Å². The van der Waals surface area contributed by atoms with Gasteiger partial charge in [0.15, 0.2) is 0 Å². The maximum atomic E-state index is 12.0. The molecule has 0 unspecified atom stereocenters. The molecule has 20 heavy (non-hydrogen) atoms. The van der Waals surface area contributed by atoms with Gasteiger partial charge in [0.05, 0.1) is 0 Å². The van der Waals surface area contributed by atoms with Gasteiger partial charge in [-0.1, -0.05) is 25.5 Å². The Balaban J connectivity index is 0.00000200. The van der Waals surface area contributed by atoms with Crippen molar-refractivity contribution in [1.29, 1.82) is 0 Å². The lowest BCUT2D eigenvalue weighted by atomic mass is 10.1. The molecule has 0 aliphatic carbocycles. The predicted octanol–water partition coefficient (Wildman–Crippen LogP) is 1.61. The van der Waals surface area contributed by atoms with Gasteiger partial charge in [0.2, 0.25) is 0 Å². The van der Waals surface area contributed by atoms with Crippen molar-refractivity contribution in [2.45, 2.75) is 26.2 Å². The average Bonchev–Trinajstić information content (AvgIpc) is 2.79. The molecule has 1 aliphatic rings. The summed E-state index contributed by atoms with van der Waals surface area (Å²) in [6.07, 6.45) is 3.14. The van der Waals surface area contributed by atoms with Gasteiger partial charge >= 0.3 is 0 Å². The first-order valence-corrected chi connectivity index (χ1v) is 6.78. The molecule has 0 fully saturated rings. The van der Waals surface area contributed by atoms with Gasteiger partial charge in [-0.05, 0) is 24.9 Å². The fourth-order valence-electron chi connectivity index (χ4n) is 2.25. The van der Waals surface area contributed by atoms with Gasteiger partial charge in [0, 0.05) is 25.8 Å². The van der Waals surface area contributed by atoms with E-state index in [4.69, 9.17) is 0 Å². The van der Waals surface area contributed by atoms with Crippen molar-refractivity contribution in [2.24, 2.45) is 7.05 Å². The third-order valence-electron chi connectivity index (χ3n) is 3.37. The molecule has 6 heteroatoms. The van der Waals surface area contributed by atoms with Crippen LogP contribution < -0.4 is 10.6 Å². The molecule has 5 nitrogen and oxygen atoms in total. The van der Waals surface area contributed by atoms with Crippen LogP contribution in [0.2, 0.25) is 0 Å². The maximum absolute atomic E-state index is 12.0. The largest absolute Gasteiger partial charge is 0.347 e. The molecular weight excluding hydrogens is 276 g/mol. The summed E-state index contributed by atoms with van der Waals surface area (Å²) in [5.41, 5.74) is 2.86. The minimum atomic E-state index is -0.0954. The van der Waals surface area contributed by atoms with E-state index in [2.05, 4.69) is 35.7 Å². The minimum absolute atomic E-state index is 0. The van der Waals surface area contributed by atoms with Crippen LogP contribution >= 0.6 is 12.4 Å². The Kier molecular flexibility index (Phi) is 6.23. The van der Waals surface area contributed by atoms with E-state index >= 15 is 0 Å². The summed E-state index contributed by atoms with van der Waals surface area (Å²) in [5.74, 6) is 0.271. The fourth-order valence-corrected chi connectivity index (χ4v) is 2.25. The Morgan fingerprint density at radius 2 is 2.30 bits per heavy atom. The van der Waals surface area contributed by atoms with Crippen LogP contribution in [-0.2, 0) is 7.05 Å². The second-order valence-corrected chi connectivity index (χ2v) is 5.23. The zero-order chi connectivity index (χ0) is 13.8. The van der Waals surface area contributed by atoms with E-state index in [1.165, 1.54) is 5.57 Å². The fraction of sp³-hybridized carbons (Fsp3) is 0.571. The van der Waals surface area contributed by atoms with Gasteiger partial charge in [0.25, 0.3) is 5.91 Å². The van der Waals surface area contributed by atoms with Crippen LogP contribution in [0.4, 0.5) is 0 Å². The summed E-state index contributed by atoms with van der Waals surface area (Å²) in [7, 11) is 1.88. The van der Waals surface area contributed by atoms with Crippen LogP contribution in [0.25, 0.3) is 0 Å². The number of rotatable bonds is 4. The quantitative estimate of drug-likeness (QED) is 0.831. The summed E-state index contributed by atoms with van der Waals surface area (Å²) in [4.78, 5) is 12.0. The monoisotopic (exact) mass is 298 g/mol. The van der Waals surface area contributed by atoms with Gasteiger partial charge in [-0.2, -0.15) is 5.10 Å². The number of hydrogen-bond acceptors (Lipinski definition) is 3. The number of carbonyl (C=O) groups is 1. The molecule has 0 aromatic carbocycles. The number of halogens is 1. The SMILES string of the molecule is CC(C)c1cc(C(=O)NCC2=CCNCC2)nn1C.Cl. The highest BCUT2D eigenvalue weighted by molar-refractivity contribution is 5.92. The average molecular weight is 299 g/mol. The van der Waals surface area contributed by atoms with Crippen LogP contribution in [-0.4, -0.2) is 35.3 Å². The highest BCUT2D eigenvalue weighted by Crippen LogP contribution is 2.14. The van der Waals surface area contributed by atoms with Crippen LogP contribution in [0.5, 0.6) is 0 Å². The smallest absolute Gasteiger partial charge is 0.272 e. The first-order chi connectivity index (χ1) is 9.08. The zero-order valence-electron chi connectivity index (χ0n) is 12.3. The van der Waals surface area contributed by atoms with Crippen LogP contribution in [0, 0.1) is 0 Å². The second-order valence-electron chi connectivity index (χ2n) is 5.23. The molecule has 0 spiro atoms. The minimum Gasteiger partial charge on any atom is -0.347 e. The van der Waals surface area contributed by atoms with Gasteiger partial charge < -0.3 is 10.6 Å². The number of nitrogens with zero attached hydrogens (tertiary/aromatic N) is 2. The first-order valence-electron chi connectivity index (χ1n) is 6.78. The highest BCUT2D eigenvalue weighted by Gasteiger charge is 2.14. The van der Waals surface area contributed by atoms with Crippen LogP contribution in [0.1, 0.15) is 42.4 Å². The standard InChI is InChI=1S/C14H22N4O.ClH/c1-10(2)13-8-12(17-18(13)3)14(19)16-9-11-4-6-15-7-5-11;/h4,8,10,15H,5-7,9H2,1-3H3,(H,16,19);1H. The zero-order valence-corrected chi connectivity index (χ0v) is 13.1. The van der Waals surface area contributed by atoms with E-state index in [0.717, 1.165) is 25.2 Å². The Bertz CT molecular complexity index is 493. The Morgan fingerprint density at radius 1 is 1.55 bits per heavy atom. The van der Waals surface area contributed by atoms with Gasteiger partial charge in [0.1, 0.15) is 5.69 Å². The summed E-state index contributed by atoms with van der Waals surface area (Å²) in [6.45, 7) is 6.69. The lowest BCUT2D eigenvalue weighted by molar-refractivity contribution is 0.0951. The summed E-state index contributed by atoms with van der Waals surface area (Å²) < 4.78 is 1.78. The van der Waals surface area contributed by atoms with Crippen LogP contribution in [0.3, 0.4) is 0 Å². The summed E-state index contributed by atoms with van der Waals surface area (Å²) >= 11 is 0. The van der Waals surface area contributed by atoms with E-state index in [1.54, 1.807) is 4.68 Å². The van der Waals surface area contributed by atoms with Crippen molar-refractivity contribution in [2.75, 3.05) is 19.6 Å². The van der Waals surface area contributed by atoms with Crippen molar-refractivity contribution in [3.8, 4) is 0 Å². The molecular formula is C14H23ClN4O. The molecule has 0 radical (unpaired) electrons. The molecule has 0 atom stereocenters. The molecule has 2 N–H and O–H groups in total. The normalized spacial score (nSPS) is 14.7. The van der Waals surface area contributed by atoms with E-state index < -0.39 is 0 Å².